The van der Waals surface area contributed by atoms with Crippen LogP contribution >= 0.6 is 0 Å². The summed E-state index contributed by atoms with van der Waals surface area (Å²) in [5, 5.41) is 3.14. The summed E-state index contributed by atoms with van der Waals surface area (Å²) in [6.45, 7) is 4.54. The fourth-order valence-corrected chi connectivity index (χ4v) is 3.69. The van der Waals surface area contributed by atoms with E-state index in [-0.39, 0.29) is 23.8 Å². The Morgan fingerprint density at radius 1 is 1.32 bits per heavy atom. The topological polar surface area (TPSA) is 61.9 Å². The first-order valence-corrected chi connectivity index (χ1v) is 8.50. The third kappa shape index (κ3) is 3.79. The van der Waals surface area contributed by atoms with Crippen LogP contribution in [0.4, 0.5) is 0 Å². The van der Waals surface area contributed by atoms with Gasteiger partial charge in [-0.1, -0.05) is 0 Å². The smallest absolute Gasteiger partial charge is 0.225 e. The van der Waals surface area contributed by atoms with E-state index >= 15 is 0 Å². The van der Waals surface area contributed by atoms with Gasteiger partial charge in [0.05, 0.1) is 12.0 Å². The monoisotopic (exact) mass is 309 g/mol. The molecule has 0 aromatic rings. The van der Waals surface area contributed by atoms with Gasteiger partial charge in [0.15, 0.2) is 0 Å². The number of rotatable bonds is 4. The number of carbonyl (C=O) groups is 2. The Bertz CT molecular complexity index is 415. The molecule has 3 aliphatic heterocycles. The molecule has 3 saturated heterocycles. The van der Waals surface area contributed by atoms with Gasteiger partial charge >= 0.3 is 0 Å². The van der Waals surface area contributed by atoms with E-state index in [1.807, 2.05) is 0 Å². The molecule has 1 N–H and O–H groups in total. The van der Waals surface area contributed by atoms with E-state index in [0.29, 0.717) is 19.1 Å². The lowest BCUT2D eigenvalue weighted by Gasteiger charge is -2.33. The Hall–Kier alpha value is -1.14. The van der Waals surface area contributed by atoms with Gasteiger partial charge in [-0.25, -0.2) is 0 Å². The quantitative estimate of drug-likeness (QED) is 0.807. The van der Waals surface area contributed by atoms with E-state index in [1.165, 1.54) is 12.8 Å². The zero-order valence-corrected chi connectivity index (χ0v) is 13.4. The maximum Gasteiger partial charge on any atom is 0.225 e. The number of piperidine rings is 1. The van der Waals surface area contributed by atoms with Gasteiger partial charge in [-0.2, -0.15) is 0 Å². The molecule has 3 rings (SSSR count). The zero-order chi connectivity index (χ0) is 15.5. The molecular formula is C16H27N3O3. The molecular weight excluding hydrogens is 282 g/mol. The van der Waals surface area contributed by atoms with Crippen LogP contribution in [-0.2, 0) is 14.3 Å². The molecule has 6 nitrogen and oxygen atoms in total. The van der Waals surface area contributed by atoms with Crippen LogP contribution in [-0.4, -0.2) is 73.6 Å². The minimum atomic E-state index is -0.164. The SMILES string of the molecule is CN1CC(C(=O)NC2CCN(CC3CCCO3)CC2)CC1=O. The normalized spacial score (nSPS) is 31.0. The molecule has 3 fully saturated rings. The molecule has 3 aliphatic rings. The average Bonchev–Trinajstić information content (AvgIpc) is 3.12. The summed E-state index contributed by atoms with van der Waals surface area (Å²) in [7, 11) is 1.76. The third-order valence-corrected chi connectivity index (χ3v) is 5.13. The van der Waals surface area contributed by atoms with E-state index in [2.05, 4.69) is 10.2 Å². The van der Waals surface area contributed by atoms with Crippen molar-refractivity contribution in [1.29, 1.82) is 0 Å². The number of hydrogen-bond acceptors (Lipinski definition) is 4. The first kappa shape index (κ1) is 15.7. The summed E-state index contributed by atoms with van der Waals surface area (Å²) in [6.07, 6.45) is 5.13. The first-order chi connectivity index (χ1) is 10.6. The number of carbonyl (C=O) groups excluding carboxylic acids is 2. The predicted octanol–water partition coefficient (Wildman–Crippen LogP) is 0.224. The highest BCUT2D eigenvalue weighted by molar-refractivity contribution is 5.89. The molecule has 0 aromatic carbocycles. The highest BCUT2D eigenvalue weighted by Gasteiger charge is 2.33. The number of likely N-dealkylation sites (tertiary alicyclic amines) is 2. The zero-order valence-electron chi connectivity index (χ0n) is 13.4. The molecule has 6 heteroatoms. The summed E-state index contributed by atoms with van der Waals surface area (Å²) in [4.78, 5) is 27.9. The number of nitrogens with zero attached hydrogens (tertiary/aromatic N) is 2. The highest BCUT2D eigenvalue weighted by atomic mass is 16.5. The van der Waals surface area contributed by atoms with Gasteiger partial charge in [0.25, 0.3) is 0 Å². The maximum absolute atomic E-state index is 12.2. The largest absolute Gasteiger partial charge is 0.377 e. The van der Waals surface area contributed by atoms with Crippen molar-refractivity contribution in [3.05, 3.63) is 0 Å². The molecule has 0 aliphatic carbocycles. The molecule has 124 valence electrons. The average molecular weight is 309 g/mol. The minimum absolute atomic E-state index is 0.0512. The van der Waals surface area contributed by atoms with Crippen molar-refractivity contribution in [2.45, 2.75) is 44.2 Å². The van der Waals surface area contributed by atoms with Crippen LogP contribution in [0.15, 0.2) is 0 Å². The maximum atomic E-state index is 12.2. The molecule has 0 spiro atoms. The summed E-state index contributed by atoms with van der Waals surface area (Å²) in [5.41, 5.74) is 0. The molecule has 0 bridgehead atoms. The lowest BCUT2D eigenvalue weighted by molar-refractivity contribution is -0.128. The van der Waals surface area contributed by atoms with Crippen LogP contribution in [0.2, 0.25) is 0 Å². The van der Waals surface area contributed by atoms with Crippen LogP contribution in [0.1, 0.15) is 32.1 Å². The molecule has 2 atom stereocenters. The lowest BCUT2D eigenvalue weighted by Crippen LogP contribution is -2.48. The fourth-order valence-electron chi connectivity index (χ4n) is 3.69. The summed E-state index contributed by atoms with van der Waals surface area (Å²) >= 11 is 0. The lowest BCUT2D eigenvalue weighted by atomic mass is 10.0. The Labute approximate surface area is 132 Å². The van der Waals surface area contributed by atoms with Crippen LogP contribution in [0, 0.1) is 5.92 Å². The standard InChI is InChI=1S/C16H27N3O3/c1-18-10-12(9-15(18)20)16(21)17-13-4-6-19(7-5-13)11-14-3-2-8-22-14/h12-14H,2-11H2,1H3,(H,17,21). The highest BCUT2D eigenvalue weighted by Crippen LogP contribution is 2.19. The van der Waals surface area contributed by atoms with Gasteiger partial charge in [-0.15, -0.1) is 0 Å². The Morgan fingerprint density at radius 2 is 2.09 bits per heavy atom. The van der Waals surface area contributed by atoms with Crippen molar-refractivity contribution in [1.82, 2.24) is 15.1 Å². The van der Waals surface area contributed by atoms with Crippen LogP contribution in [0.5, 0.6) is 0 Å². The Balaban J connectivity index is 1.38. The van der Waals surface area contributed by atoms with Crippen molar-refractivity contribution in [2.24, 2.45) is 5.92 Å². The molecule has 22 heavy (non-hydrogen) atoms. The van der Waals surface area contributed by atoms with Crippen LogP contribution < -0.4 is 5.32 Å². The number of ether oxygens (including phenoxy) is 1. The second-order valence-electron chi connectivity index (χ2n) is 6.89. The molecule has 2 unspecified atom stereocenters. The second-order valence-corrected chi connectivity index (χ2v) is 6.89. The van der Waals surface area contributed by atoms with E-state index in [1.54, 1.807) is 11.9 Å². The summed E-state index contributed by atoms with van der Waals surface area (Å²) in [6, 6.07) is 0.259. The first-order valence-electron chi connectivity index (χ1n) is 8.50. The van der Waals surface area contributed by atoms with Crippen LogP contribution in [0.3, 0.4) is 0 Å². The summed E-state index contributed by atoms with van der Waals surface area (Å²) < 4.78 is 5.69. The van der Waals surface area contributed by atoms with E-state index < -0.39 is 0 Å². The third-order valence-electron chi connectivity index (χ3n) is 5.13. The number of amides is 2. The Kier molecular flexibility index (Phi) is 4.98. The van der Waals surface area contributed by atoms with Crippen LogP contribution in [0.25, 0.3) is 0 Å². The van der Waals surface area contributed by atoms with Crippen molar-refractivity contribution < 1.29 is 14.3 Å². The molecule has 2 amide bonds. The van der Waals surface area contributed by atoms with Gasteiger partial charge in [-0.3, -0.25) is 9.59 Å². The number of hydrogen-bond donors (Lipinski definition) is 1. The Morgan fingerprint density at radius 3 is 2.68 bits per heavy atom. The minimum Gasteiger partial charge on any atom is -0.377 e. The predicted molar refractivity (Wildman–Crippen MR) is 82.3 cm³/mol. The van der Waals surface area contributed by atoms with Crippen molar-refractivity contribution >= 4 is 11.8 Å². The molecule has 0 saturated carbocycles. The van der Waals surface area contributed by atoms with Gasteiger partial charge < -0.3 is 19.9 Å². The molecule has 3 heterocycles. The van der Waals surface area contributed by atoms with Crippen molar-refractivity contribution in [3.63, 3.8) is 0 Å². The number of nitrogens with one attached hydrogen (secondary N) is 1. The van der Waals surface area contributed by atoms with Gasteiger partial charge in [0.1, 0.15) is 0 Å². The van der Waals surface area contributed by atoms with E-state index in [9.17, 15) is 9.59 Å². The van der Waals surface area contributed by atoms with Gasteiger partial charge in [0, 0.05) is 52.3 Å². The molecule has 0 aromatic heterocycles. The fraction of sp³-hybridized carbons (Fsp3) is 0.875. The van der Waals surface area contributed by atoms with E-state index in [0.717, 1.165) is 39.1 Å². The second kappa shape index (κ2) is 6.96. The van der Waals surface area contributed by atoms with Gasteiger partial charge in [0.2, 0.25) is 11.8 Å². The van der Waals surface area contributed by atoms with Crippen molar-refractivity contribution in [3.8, 4) is 0 Å². The van der Waals surface area contributed by atoms with Gasteiger partial charge in [-0.05, 0) is 25.7 Å². The molecule has 0 radical (unpaired) electrons. The summed E-state index contributed by atoms with van der Waals surface area (Å²) in [5.74, 6) is -0.0378. The van der Waals surface area contributed by atoms with Crippen molar-refractivity contribution in [2.75, 3.05) is 39.8 Å². The van der Waals surface area contributed by atoms with E-state index in [4.69, 9.17) is 4.74 Å².